The van der Waals surface area contributed by atoms with E-state index < -0.39 is 0 Å². The van der Waals surface area contributed by atoms with Gasteiger partial charge in [0.15, 0.2) is 0 Å². The van der Waals surface area contributed by atoms with E-state index in [1.54, 1.807) is 0 Å². The average Bonchev–Trinajstić information content (AvgIpc) is 1.98. The molecule has 0 spiro atoms. The van der Waals surface area contributed by atoms with Crippen LogP contribution < -0.4 is 5.73 Å². The van der Waals surface area contributed by atoms with Gasteiger partial charge in [-0.3, -0.25) is 4.99 Å². The summed E-state index contributed by atoms with van der Waals surface area (Å²) in [5, 5.41) is 0. The maximum atomic E-state index is 5.78. The van der Waals surface area contributed by atoms with E-state index in [1.807, 2.05) is 26.8 Å². The van der Waals surface area contributed by atoms with Gasteiger partial charge in [0.1, 0.15) is 0 Å². The molecule has 0 aliphatic carbocycles. The summed E-state index contributed by atoms with van der Waals surface area (Å²) >= 11 is 0. The summed E-state index contributed by atoms with van der Waals surface area (Å²) in [4.78, 5) is 4.29. The van der Waals surface area contributed by atoms with Crippen molar-refractivity contribution >= 4 is 5.84 Å². The molecule has 0 aromatic rings. The quantitative estimate of drug-likeness (QED) is 0.390. The molecule has 1 unspecified atom stereocenters. The Kier molecular flexibility index (Phi) is 5.43. The highest BCUT2D eigenvalue weighted by Crippen LogP contribution is 2.04. The number of nitrogens with two attached hydrogens (primary N) is 1. The van der Waals surface area contributed by atoms with Crippen LogP contribution in [-0.2, 0) is 0 Å². The van der Waals surface area contributed by atoms with Crippen LogP contribution in [0.5, 0.6) is 0 Å². The number of nitrogens with zero attached hydrogens (tertiary/aromatic N) is 1. The molecule has 0 radical (unpaired) electrons. The maximum absolute atomic E-state index is 5.78. The normalized spacial score (nSPS) is 15.9. The SMILES string of the molecule is C/C=C/CC(C)C(N)=NC(C)C. The van der Waals surface area contributed by atoms with E-state index in [2.05, 4.69) is 18.0 Å². The molecule has 1 atom stereocenters. The average molecular weight is 168 g/mol. The molecule has 2 N–H and O–H groups in total. The first kappa shape index (κ1) is 11.2. The molecular weight excluding hydrogens is 148 g/mol. The largest absolute Gasteiger partial charge is 0.387 e. The first-order valence-corrected chi connectivity index (χ1v) is 4.52. The fraction of sp³-hybridized carbons (Fsp3) is 0.700. The third-order valence-corrected chi connectivity index (χ3v) is 1.64. The Balaban J connectivity index is 3.99. The number of amidine groups is 1. The third-order valence-electron chi connectivity index (χ3n) is 1.64. The molecule has 0 saturated heterocycles. The summed E-state index contributed by atoms with van der Waals surface area (Å²) in [5.41, 5.74) is 5.78. The number of rotatable bonds is 4. The van der Waals surface area contributed by atoms with Crippen molar-refractivity contribution in [3.05, 3.63) is 12.2 Å². The minimum atomic E-state index is 0.304. The van der Waals surface area contributed by atoms with Crippen LogP contribution in [0.3, 0.4) is 0 Å². The maximum Gasteiger partial charge on any atom is 0.0971 e. The van der Waals surface area contributed by atoms with Gasteiger partial charge < -0.3 is 5.73 Å². The van der Waals surface area contributed by atoms with E-state index in [4.69, 9.17) is 5.73 Å². The van der Waals surface area contributed by atoms with Crippen molar-refractivity contribution in [1.82, 2.24) is 0 Å². The highest BCUT2D eigenvalue weighted by molar-refractivity contribution is 5.82. The molecule has 0 amide bonds. The summed E-state index contributed by atoms with van der Waals surface area (Å²) in [5.74, 6) is 1.13. The molecule has 0 fully saturated rings. The van der Waals surface area contributed by atoms with Gasteiger partial charge in [-0.25, -0.2) is 0 Å². The Morgan fingerprint density at radius 1 is 1.42 bits per heavy atom. The fourth-order valence-electron chi connectivity index (χ4n) is 0.886. The van der Waals surface area contributed by atoms with Crippen LogP contribution in [0.25, 0.3) is 0 Å². The molecular formula is C10H20N2. The molecule has 2 nitrogen and oxygen atoms in total. The second-order valence-electron chi connectivity index (χ2n) is 3.35. The summed E-state index contributed by atoms with van der Waals surface area (Å²) < 4.78 is 0. The zero-order valence-electron chi connectivity index (χ0n) is 8.54. The molecule has 0 heterocycles. The molecule has 0 aliphatic rings. The van der Waals surface area contributed by atoms with E-state index >= 15 is 0 Å². The Morgan fingerprint density at radius 3 is 2.42 bits per heavy atom. The van der Waals surface area contributed by atoms with Crippen LogP contribution in [0, 0.1) is 5.92 Å². The summed E-state index contributed by atoms with van der Waals surface area (Å²) in [6.07, 6.45) is 5.14. The van der Waals surface area contributed by atoms with Crippen molar-refractivity contribution in [2.75, 3.05) is 0 Å². The lowest BCUT2D eigenvalue weighted by atomic mass is 10.1. The second-order valence-corrected chi connectivity index (χ2v) is 3.35. The molecule has 0 saturated carbocycles. The van der Waals surface area contributed by atoms with Gasteiger partial charge in [-0.2, -0.15) is 0 Å². The third kappa shape index (κ3) is 4.94. The topological polar surface area (TPSA) is 38.4 Å². The van der Waals surface area contributed by atoms with Gasteiger partial charge >= 0.3 is 0 Å². The van der Waals surface area contributed by atoms with E-state index in [9.17, 15) is 0 Å². The molecule has 12 heavy (non-hydrogen) atoms. The summed E-state index contributed by atoms with van der Waals surface area (Å²) in [6, 6.07) is 0.304. The molecule has 0 bridgehead atoms. The van der Waals surface area contributed by atoms with Crippen molar-refractivity contribution in [2.45, 2.75) is 40.2 Å². The number of hydrogen-bond acceptors (Lipinski definition) is 1. The summed E-state index contributed by atoms with van der Waals surface area (Å²) in [7, 11) is 0. The lowest BCUT2D eigenvalue weighted by molar-refractivity contribution is 0.747. The Labute approximate surface area is 75.6 Å². The van der Waals surface area contributed by atoms with Crippen LogP contribution in [0.1, 0.15) is 34.1 Å². The van der Waals surface area contributed by atoms with Gasteiger partial charge in [-0.15, -0.1) is 0 Å². The molecule has 0 aliphatic heterocycles. The Morgan fingerprint density at radius 2 is 2.00 bits per heavy atom. The predicted octanol–water partition coefficient (Wildman–Crippen LogP) is 2.35. The van der Waals surface area contributed by atoms with Gasteiger partial charge in [-0.1, -0.05) is 19.1 Å². The molecule has 70 valence electrons. The lowest BCUT2D eigenvalue weighted by Crippen LogP contribution is -2.22. The van der Waals surface area contributed by atoms with Crippen LogP contribution in [0.4, 0.5) is 0 Å². The van der Waals surface area contributed by atoms with Gasteiger partial charge in [0.25, 0.3) is 0 Å². The van der Waals surface area contributed by atoms with E-state index in [-0.39, 0.29) is 0 Å². The van der Waals surface area contributed by atoms with Crippen LogP contribution in [-0.4, -0.2) is 11.9 Å². The fourth-order valence-corrected chi connectivity index (χ4v) is 0.886. The standard InChI is InChI=1S/C10H20N2/c1-5-6-7-9(4)10(11)12-8(2)3/h5-6,8-9H,7H2,1-4H3,(H2,11,12)/b6-5+. The molecule has 0 aromatic carbocycles. The highest BCUT2D eigenvalue weighted by atomic mass is 14.9. The highest BCUT2D eigenvalue weighted by Gasteiger charge is 2.04. The Bertz CT molecular complexity index is 169. The number of hydrogen-bond donors (Lipinski definition) is 1. The molecule has 0 aromatic heterocycles. The number of allylic oxidation sites excluding steroid dienone is 2. The second kappa shape index (κ2) is 5.81. The first-order valence-electron chi connectivity index (χ1n) is 4.52. The van der Waals surface area contributed by atoms with E-state index in [0.717, 1.165) is 12.3 Å². The van der Waals surface area contributed by atoms with Gasteiger partial charge in [0.05, 0.1) is 5.84 Å². The smallest absolute Gasteiger partial charge is 0.0971 e. The van der Waals surface area contributed by atoms with E-state index in [0.29, 0.717) is 12.0 Å². The van der Waals surface area contributed by atoms with Crippen molar-refractivity contribution in [3.63, 3.8) is 0 Å². The van der Waals surface area contributed by atoms with Crippen LogP contribution in [0.2, 0.25) is 0 Å². The van der Waals surface area contributed by atoms with Crippen LogP contribution in [0.15, 0.2) is 17.1 Å². The first-order chi connectivity index (χ1) is 5.57. The van der Waals surface area contributed by atoms with Crippen molar-refractivity contribution in [3.8, 4) is 0 Å². The Hall–Kier alpha value is -0.790. The van der Waals surface area contributed by atoms with E-state index in [1.165, 1.54) is 0 Å². The zero-order valence-corrected chi connectivity index (χ0v) is 8.54. The van der Waals surface area contributed by atoms with Gasteiger partial charge in [-0.05, 0) is 27.2 Å². The molecule has 0 rings (SSSR count). The van der Waals surface area contributed by atoms with Crippen molar-refractivity contribution in [1.29, 1.82) is 0 Å². The lowest BCUT2D eigenvalue weighted by Gasteiger charge is -2.09. The van der Waals surface area contributed by atoms with Gasteiger partial charge in [0.2, 0.25) is 0 Å². The van der Waals surface area contributed by atoms with Crippen LogP contribution >= 0.6 is 0 Å². The van der Waals surface area contributed by atoms with Crippen molar-refractivity contribution < 1.29 is 0 Å². The molecule has 2 heteroatoms. The minimum absolute atomic E-state index is 0.304. The number of aliphatic imine (C=N–C) groups is 1. The minimum Gasteiger partial charge on any atom is -0.387 e. The monoisotopic (exact) mass is 168 g/mol. The summed E-state index contributed by atoms with van der Waals surface area (Å²) in [6.45, 7) is 8.19. The van der Waals surface area contributed by atoms with Gasteiger partial charge in [0, 0.05) is 12.0 Å². The predicted molar refractivity (Wildman–Crippen MR) is 55.4 cm³/mol. The zero-order chi connectivity index (χ0) is 9.56. The van der Waals surface area contributed by atoms with Crippen molar-refractivity contribution in [2.24, 2.45) is 16.6 Å².